The zero-order valence-corrected chi connectivity index (χ0v) is 21.7. The van der Waals surface area contributed by atoms with Crippen LogP contribution in [0.1, 0.15) is 49.7 Å². The number of carbonyl (C=O) groups is 4. The first-order valence-corrected chi connectivity index (χ1v) is 13.8. The standard InChI is InChI=1S/C30H36N4O4/c35-27-20-23(19-22-11-5-2-6-12-22)31-28(36)25-13-7-17-33(25)30(38)26-14-8-18-34(26)29(37)24(32-27)16-15-21-9-3-1-4-10-21/h1-6,9-12,23-26H,7-8,13-20H2,(H,31,36)(H,32,35). The Labute approximate surface area is 223 Å². The minimum absolute atomic E-state index is 0.0554. The Kier molecular flexibility index (Phi) is 8.05. The fourth-order valence-electron chi connectivity index (χ4n) is 6.04. The first-order valence-electron chi connectivity index (χ1n) is 13.8. The van der Waals surface area contributed by atoms with Crippen molar-refractivity contribution in [2.75, 3.05) is 13.1 Å². The number of nitrogens with one attached hydrogen (secondary N) is 2. The van der Waals surface area contributed by atoms with Crippen LogP contribution in [-0.4, -0.2) is 70.7 Å². The summed E-state index contributed by atoms with van der Waals surface area (Å²) >= 11 is 0. The summed E-state index contributed by atoms with van der Waals surface area (Å²) in [5, 5.41) is 6.05. The lowest BCUT2D eigenvalue weighted by atomic mass is 10.0. The number of nitrogens with zero attached hydrogens (tertiary/aromatic N) is 2. The number of aryl methyl sites for hydroxylation is 1. The Bertz CT molecular complexity index is 1160. The van der Waals surface area contributed by atoms with Crippen molar-refractivity contribution >= 4 is 23.6 Å². The summed E-state index contributed by atoms with van der Waals surface area (Å²) in [7, 11) is 0. The average Bonchev–Trinajstić information content (AvgIpc) is 3.61. The highest BCUT2D eigenvalue weighted by molar-refractivity contribution is 5.95. The zero-order chi connectivity index (χ0) is 26.5. The van der Waals surface area contributed by atoms with E-state index in [1.807, 2.05) is 60.7 Å². The molecule has 2 aromatic carbocycles. The molecule has 0 aliphatic carbocycles. The SMILES string of the molecule is O=C1CC(Cc2ccccc2)NC(=O)C2CCCN2C(=O)C2CCCN2C(=O)C(CCc2ccccc2)N1. The van der Waals surface area contributed by atoms with Gasteiger partial charge in [-0.05, 0) is 56.1 Å². The number of hydrogen-bond donors (Lipinski definition) is 2. The van der Waals surface area contributed by atoms with Gasteiger partial charge < -0.3 is 20.4 Å². The van der Waals surface area contributed by atoms with Crippen molar-refractivity contribution in [3.63, 3.8) is 0 Å². The molecular weight excluding hydrogens is 480 g/mol. The molecule has 5 rings (SSSR count). The minimum atomic E-state index is -0.737. The summed E-state index contributed by atoms with van der Waals surface area (Å²) in [4.78, 5) is 57.6. The van der Waals surface area contributed by atoms with E-state index in [0.29, 0.717) is 45.2 Å². The van der Waals surface area contributed by atoms with Gasteiger partial charge in [0.15, 0.2) is 0 Å². The second kappa shape index (κ2) is 11.8. The van der Waals surface area contributed by atoms with Gasteiger partial charge in [0, 0.05) is 25.6 Å². The third-order valence-corrected chi connectivity index (χ3v) is 7.96. The number of hydrogen-bond acceptors (Lipinski definition) is 4. The predicted octanol–water partition coefficient (Wildman–Crippen LogP) is 2.22. The normalized spacial score (nSPS) is 26.5. The van der Waals surface area contributed by atoms with Gasteiger partial charge >= 0.3 is 0 Å². The van der Waals surface area contributed by atoms with Gasteiger partial charge in [-0.25, -0.2) is 0 Å². The van der Waals surface area contributed by atoms with Crippen molar-refractivity contribution in [2.24, 2.45) is 0 Å². The fourth-order valence-corrected chi connectivity index (χ4v) is 6.04. The number of amides is 4. The molecule has 8 heteroatoms. The average molecular weight is 517 g/mol. The van der Waals surface area contributed by atoms with E-state index in [0.717, 1.165) is 24.0 Å². The van der Waals surface area contributed by atoms with Crippen molar-refractivity contribution in [2.45, 2.75) is 75.5 Å². The molecule has 3 aliphatic rings. The van der Waals surface area contributed by atoms with Crippen LogP contribution in [0.4, 0.5) is 0 Å². The minimum Gasteiger partial charge on any atom is -0.351 e. The second-order valence-corrected chi connectivity index (χ2v) is 10.6. The Hall–Kier alpha value is -3.68. The van der Waals surface area contributed by atoms with E-state index in [2.05, 4.69) is 10.6 Å². The van der Waals surface area contributed by atoms with Crippen LogP contribution in [-0.2, 0) is 32.0 Å². The molecule has 0 radical (unpaired) electrons. The number of fused-ring (bicyclic) bond motifs is 2. The van der Waals surface area contributed by atoms with E-state index in [9.17, 15) is 19.2 Å². The molecule has 3 saturated heterocycles. The zero-order valence-electron chi connectivity index (χ0n) is 21.7. The number of rotatable bonds is 5. The van der Waals surface area contributed by atoms with Crippen LogP contribution in [0.25, 0.3) is 0 Å². The van der Waals surface area contributed by atoms with Crippen LogP contribution in [0.15, 0.2) is 60.7 Å². The van der Waals surface area contributed by atoms with Gasteiger partial charge in [-0.3, -0.25) is 19.2 Å². The Morgan fingerprint density at radius 2 is 1.32 bits per heavy atom. The molecule has 3 fully saturated rings. The fraction of sp³-hybridized carbons (Fsp3) is 0.467. The van der Waals surface area contributed by atoms with Crippen LogP contribution >= 0.6 is 0 Å². The van der Waals surface area contributed by atoms with Crippen molar-refractivity contribution in [1.29, 1.82) is 0 Å². The summed E-state index contributed by atoms with van der Waals surface area (Å²) < 4.78 is 0. The van der Waals surface area contributed by atoms with Crippen molar-refractivity contribution in [3.05, 3.63) is 71.8 Å². The number of carbonyl (C=O) groups excluding carboxylic acids is 4. The first kappa shape index (κ1) is 25.9. The molecule has 0 saturated carbocycles. The Morgan fingerprint density at radius 1 is 0.711 bits per heavy atom. The summed E-state index contributed by atoms with van der Waals surface area (Å²) in [6.07, 6.45) is 4.24. The maximum Gasteiger partial charge on any atom is 0.246 e. The third-order valence-electron chi connectivity index (χ3n) is 7.96. The molecule has 4 amide bonds. The molecule has 4 unspecified atom stereocenters. The van der Waals surface area contributed by atoms with E-state index in [4.69, 9.17) is 0 Å². The molecule has 0 spiro atoms. The lowest BCUT2D eigenvalue weighted by Gasteiger charge is -2.32. The quantitative estimate of drug-likeness (QED) is 0.637. The summed E-state index contributed by atoms with van der Waals surface area (Å²) in [6, 6.07) is 17.3. The molecule has 38 heavy (non-hydrogen) atoms. The maximum atomic E-state index is 13.8. The molecule has 2 aromatic rings. The van der Waals surface area contributed by atoms with Crippen molar-refractivity contribution in [1.82, 2.24) is 20.4 Å². The monoisotopic (exact) mass is 516 g/mol. The van der Waals surface area contributed by atoms with E-state index < -0.39 is 24.2 Å². The maximum absolute atomic E-state index is 13.8. The molecule has 8 nitrogen and oxygen atoms in total. The molecule has 4 atom stereocenters. The smallest absolute Gasteiger partial charge is 0.246 e. The molecule has 0 bridgehead atoms. The highest BCUT2D eigenvalue weighted by Crippen LogP contribution is 2.27. The molecular formula is C30H36N4O4. The molecule has 2 N–H and O–H groups in total. The third kappa shape index (κ3) is 5.90. The van der Waals surface area contributed by atoms with E-state index in [-0.39, 0.29) is 30.0 Å². The highest BCUT2D eigenvalue weighted by atomic mass is 16.2. The predicted molar refractivity (Wildman–Crippen MR) is 143 cm³/mol. The summed E-state index contributed by atoms with van der Waals surface area (Å²) in [5.74, 6) is -0.859. The topological polar surface area (TPSA) is 98.8 Å². The van der Waals surface area contributed by atoms with Gasteiger partial charge in [0.25, 0.3) is 0 Å². The van der Waals surface area contributed by atoms with Crippen LogP contribution in [0.2, 0.25) is 0 Å². The van der Waals surface area contributed by atoms with Gasteiger partial charge in [0.05, 0.1) is 0 Å². The summed E-state index contributed by atoms with van der Waals surface area (Å²) in [6.45, 7) is 0.988. The van der Waals surface area contributed by atoms with E-state index in [1.54, 1.807) is 9.80 Å². The second-order valence-electron chi connectivity index (χ2n) is 10.6. The van der Waals surface area contributed by atoms with Gasteiger partial charge in [0.1, 0.15) is 18.1 Å². The van der Waals surface area contributed by atoms with Crippen molar-refractivity contribution in [3.8, 4) is 0 Å². The van der Waals surface area contributed by atoms with Gasteiger partial charge in [0.2, 0.25) is 23.6 Å². The molecule has 3 heterocycles. The van der Waals surface area contributed by atoms with Gasteiger partial charge in [-0.1, -0.05) is 60.7 Å². The Morgan fingerprint density at radius 3 is 2.00 bits per heavy atom. The molecule has 3 aliphatic heterocycles. The largest absolute Gasteiger partial charge is 0.351 e. The highest BCUT2D eigenvalue weighted by Gasteiger charge is 2.44. The van der Waals surface area contributed by atoms with Crippen LogP contribution in [0, 0.1) is 0 Å². The van der Waals surface area contributed by atoms with Crippen LogP contribution < -0.4 is 10.6 Å². The van der Waals surface area contributed by atoms with Gasteiger partial charge in [-0.15, -0.1) is 0 Å². The van der Waals surface area contributed by atoms with E-state index in [1.165, 1.54) is 0 Å². The van der Waals surface area contributed by atoms with Crippen LogP contribution in [0.3, 0.4) is 0 Å². The van der Waals surface area contributed by atoms with Gasteiger partial charge in [-0.2, -0.15) is 0 Å². The number of benzene rings is 2. The molecule has 0 aromatic heterocycles. The first-order chi connectivity index (χ1) is 18.5. The summed E-state index contributed by atoms with van der Waals surface area (Å²) in [5.41, 5.74) is 2.09. The molecule has 200 valence electrons. The van der Waals surface area contributed by atoms with Crippen molar-refractivity contribution < 1.29 is 19.2 Å². The van der Waals surface area contributed by atoms with Crippen LogP contribution in [0.5, 0.6) is 0 Å². The Balaban J connectivity index is 1.43. The lowest BCUT2D eigenvalue weighted by Crippen LogP contribution is -2.55. The van der Waals surface area contributed by atoms with E-state index >= 15 is 0 Å². The lowest BCUT2D eigenvalue weighted by molar-refractivity contribution is -0.147.